The summed E-state index contributed by atoms with van der Waals surface area (Å²) in [6.45, 7) is 2.83. The second-order valence-electron chi connectivity index (χ2n) is 17.3. The van der Waals surface area contributed by atoms with Crippen LogP contribution in [0.2, 0.25) is 10.0 Å². The van der Waals surface area contributed by atoms with Crippen LogP contribution in [-0.4, -0.2) is 107 Å². The first kappa shape index (κ1) is 50.4. The van der Waals surface area contributed by atoms with E-state index >= 15 is 0 Å². The number of pyridine rings is 1. The quantitative estimate of drug-likeness (QED) is 0.0533. The number of carbonyl (C=O) groups excluding carboxylic acids is 3. The number of likely N-dealkylation sites (tertiary alicyclic amines) is 1. The van der Waals surface area contributed by atoms with Gasteiger partial charge in [-0.2, -0.15) is 4.73 Å². The normalized spacial score (nSPS) is 16.3. The molecule has 4 atom stereocenters. The zero-order chi connectivity index (χ0) is 48.3. The van der Waals surface area contributed by atoms with Crippen molar-refractivity contribution in [3.63, 3.8) is 0 Å². The van der Waals surface area contributed by atoms with Gasteiger partial charge in [0.05, 0.1) is 49.0 Å². The molecule has 2 aromatic heterocycles. The lowest BCUT2D eigenvalue weighted by Crippen LogP contribution is -2.65. The molecule has 0 saturated carbocycles. The van der Waals surface area contributed by atoms with Gasteiger partial charge in [-0.25, -0.2) is 4.98 Å². The van der Waals surface area contributed by atoms with E-state index in [2.05, 4.69) is 30.4 Å². The van der Waals surface area contributed by atoms with Gasteiger partial charge in [0.15, 0.2) is 11.9 Å². The fraction of sp³-hybridized carbons (Fsp3) is 0.388. The Bertz CT molecular complexity index is 2500. The van der Waals surface area contributed by atoms with Gasteiger partial charge in [-0.3, -0.25) is 19.2 Å². The first-order chi connectivity index (χ1) is 32.0. The average Bonchev–Trinajstić information content (AvgIpc) is 3.65. The molecule has 3 heterocycles. The van der Waals surface area contributed by atoms with E-state index in [-0.39, 0.29) is 31.8 Å². The summed E-state index contributed by atoms with van der Waals surface area (Å²) >= 11 is 12.6. The summed E-state index contributed by atoms with van der Waals surface area (Å²) in [6, 6.07) is 23.0. The van der Waals surface area contributed by atoms with E-state index in [0.717, 1.165) is 28.2 Å². The number of benzene rings is 3. The summed E-state index contributed by atoms with van der Waals surface area (Å²) in [4.78, 5) is 62.5. The Morgan fingerprint density at radius 2 is 1.73 bits per heavy atom. The van der Waals surface area contributed by atoms with Crippen molar-refractivity contribution < 1.29 is 38.5 Å². The predicted molar refractivity (Wildman–Crippen MR) is 254 cm³/mol. The highest BCUT2D eigenvalue weighted by atomic mass is 35.5. The van der Waals surface area contributed by atoms with E-state index in [1.165, 1.54) is 13.3 Å². The molecule has 0 bridgehead atoms. The smallest absolute Gasteiger partial charge is 0.304 e. The van der Waals surface area contributed by atoms with Crippen molar-refractivity contribution in [2.24, 2.45) is 13.0 Å². The highest BCUT2D eigenvalue weighted by Crippen LogP contribution is 2.32. The molecule has 0 spiro atoms. The number of methoxy groups -OCH3 is 1. The fourth-order valence-electron chi connectivity index (χ4n) is 8.28. The van der Waals surface area contributed by atoms with Crippen LogP contribution in [0.25, 0.3) is 11.3 Å². The third-order valence-electron chi connectivity index (χ3n) is 11.8. The number of aromatic nitrogens is 3. The van der Waals surface area contributed by atoms with Crippen LogP contribution in [0.5, 0.6) is 11.5 Å². The molecule has 356 valence electrons. The average molecular weight is 958 g/mol. The van der Waals surface area contributed by atoms with Crippen molar-refractivity contribution in [3.8, 4) is 22.8 Å². The summed E-state index contributed by atoms with van der Waals surface area (Å²) in [6.07, 6.45) is 3.84. The van der Waals surface area contributed by atoms with E-state index in [1.807, 2.05) is 69.8 Å². The number of piperidine rings is 1. The van der Waals surface area contributed by atoms with Crippen LogP contribution in [0.1, 0.15) is 48.8 Å². The van der Waals surface area contributed by atoms with Crippen LogP contribution in [0.3, 0.4) is 0 Å². The number of ether oxygens (including phenoxy) is 2. The lowest BCUT2D eigenvalue weighted by Gasteiger charge is -2.45. The molecule has 3 aromatic carbocycles. The van der Waals surface area contributed by atoms with Crippen molar-refractivity contribution in [2.75, 3.05) is 40.9 Å². The highest BCUT2D eigenvalue weighted by molar-refractivity contribution is 6.31. The van der Waals surface area contributed by atoms with Crippen LogP contribution in [0.15, 0.2) is 97.3 Å². The molecular formula is C49H58Cl2N8O8. The van der Waals surface area contributed by atoms with Crippen LogP contribution in [-0.2, 0) is 56.9 Å². The number of nitrogens with zero attached hydrogens (tertiary/aromatic N) is 5. The molecule has 4 unspecified atom stereocenters. The molecule has 3 amide bonds. The van der Waals surface area contributed by atoms with Crippen molar-refractivity contribution in [3.05, 3.63) is 135 Å². The van der Waals surface area contributed by atoms with Gasteiger partial charge >= 0.3 is 5.97 Å². The van der Waals surface area contributed by atoms with Gasteiger partial charge in [0, 0.05) is 73.5 Å². The molecule has 1 aliphatic heterocycles. The topological polar surface area (TPSA) is 194 Å². The lowest BCUT2D eigenvalue weighted by atomic mass is 9.82. The maximum Gasteiger partial charge on any atom is 0.304 e. The summed E-state index contributed by atoms with van der Waals surface area (Å²) in [5, 5.41) is 32.6. The molecule has 1 saturated heterocycles. The second kappa shape index (κ2) is 23.1. The monoisotopic (exact) mass is 956 g/mol. The van der Waals surface area contributed by atoms with E-state index in [1.54, 1.807) is 54.3 Å². The Morgan fingerprint density at radius 3 is 2.42 bits per heavy atom. The number of hydrogen-bond acceptors (Lipinski definition) is 10. The molecule has 4 N–H and O–H groups in total. The van der Waals surface area contributed by atoms with Crippen LogP contribution < -0.4 is 25.4 Å². The number of carboxylic acids is 1. The van der Waals surface area contributed by atoms with Crippen LogP contribution in [0.4, 0.5) is 0 Å². The number of imidazole rings is 1. The minimum absolute atomic E-state index is 0.0476. The molecule has 6 rings (SSSR count). The number of aliphatic carboxylic acids is 1. The molecule has 0 aliphatic carbocycles. The third-order valence-corrected chi connectivity index (χ3v) is 12.3. The zero-order valence-electron chi connectivity index (χ0n) is 38.3. The maximum absolute atomic E-state index is 14.3. The predicted octanol–water partition coefficient (Wildman–Crippen LogP) is 5.54. The Morgan fingerprint density at radius 1 is 1.00 bits per heavy atom. The van der Waals surface area contributed by atoms with Gasteiger partial charge in [0.1, 0.15) is 23.4 Å². The van der Waals surface area contributed by atoms with Crippen molar-refractivity contribution >= 4 is 46.9 Å². The molecule has 1 aliphatic rings. The first-order valence-corrected chi connectivity index (χ1v) is 22.8. The summed E-state index contributed by atoms with van der Waals surface area (Å²) in [7, 11) is 7.42. The first-order valence-electron chi connectivity index (χ1n) is 22.0. The largest absolute Gasteiger partial charge is 0.619 e. The van der Waals surface area contributed by atoms with E-state index < -0.39 is 53.7 Å². The molecule has 67 heavy (non-hydrogen) atoms. The van der Waals surface area contributed by atoms with Gasteiger partial charge in [-0.1, -0.05) is 47.5 Å². The van der Waals surface area contributed by atoms with Crippen molar-refractivity contribution in [1.82, 2.24) is 35.3 Å². The van der Waals surface area contributed by atoms with E-state index in [4.69, 9.17) is 32.7 Å². The molecule has 5 aromatic rings. The summed E-state index contributed by atoms with van der Waals surface area (Å²) in [5.41, 5.74) is 2.76. The van der Waals surface area contributed by atoms with Crippen LogP contribution in [0, 0.1) is 11.1 Å². The Labute approximate surface area is 400 Å². The Kier molecular flexibility index (Phi) is 17.4. The van der Waals surface area contributed by atoms with Gasteiger partial charge in [0.2, 0.25) is 17.7 Å². The molecule has 16 nitrogen and oxygen atoms in total. The van der Waals surface area contributed by atoms with Gasteiger partial charge in [-0.15, -0.1) is 0 Å². The molecule has 0 radical (unpaired) electrons. The van der Waals surface area contributed by atoms with E-state index in [9.17, 15) is 29.5 Å². The van der Waals surface area contributed by atoms with Gasteiger partial charge < -0.3 is 50.1 Å². The van der Waals surface area contributed by atoms with Gasteiger partial charge in [0.25, 0.3) is 0 Å². The molecule has 18 heteroatoms. The number of amides is 3. The Balaban J connectivity index is 1.13. The minimum Gasteiger partial charge on any atom is -0.619 e. The maximum atomic E-state index is 14.3. The number of rotatable bonds is 21. The third kappa shape index (κ3) is 13.8. The van der Waals surface area contributed by atoms with Crippen molar-refractivity contribution in [2.45, 2.75) is 69.7 Å². The fourth-order valence-corrected chi connectivity index (χ4v) is 8.57. The molecular weight excluding hydrogens is 899 g/mol. The number of hydrogen-bond donors (Lipinski definition) is 4. The summed E-state index contributed by atoms with van der Waals surface area (Å²) in [5.74, 6) is -1.60. The van der Waals surface area contributed by atoms with E-state index in [0.29, 0.717) is 58.6 Å². The molecule has 1 fully saturated rings. The number of carbonyl (C=O) groups is 4. The standard InChI is InChI=1S/C49H58Cl2N8O8/c1-32(52-27-35-12-17-38(51)25-43(35)67-40-18-13-34(14-19-40)42-28-53-44(57(42)4)29-56(2)3)46(62)54-41(30-66-5)47(63)55-49(26-33-10-15-37(50)16-11-33)20-8-21-58(31-49)48(64)36(24-45(60)61)23-39-9-6-7-22-59(39)65/h6-7,9-19,22,25,28,32,36,41,52H,8,20-21,23-24,26-27,29-31H2,1-5H3,(H,54,62)(H,55,63)(H,60,61). The number of carboxylic acid groups (broad SMARTS) is 1. The number of nitrogens with one attached hydrogen (secondary N) is 3. The minimum atomic E-state index is -1.18. The summed E-state index contributed by atoms with van der Waals surface area (Å²) < 4.78 is 14.4. The highest BCUT2D eigenvalue weighted by Gasteiger charge is 2.42. The number of halogens is 2. The zero-order valence-corrected chi connectivity index (χ0v) is 39.8. The van der Waals surface area contributed by atoms with Crippen LogP contribution >= 0.6 is 23.2 Å². The van der Waals surface area contributed by atoms with Gasteiger partial charge in [-0.05, 0) is 94.4 Å². The second-order valence-corrected chi connectivity index (χ2v) is 18.2. The SMILES string of the molecule is COCC(NC(=O)C(C)NCc1ccc(Cl)cc1Oc1ccc(-c2cnc(CN(C)C)n2C)cc1)C(=O)NC1(Cc2ccc(Cl)cc2)CCCN(C(=O)C(CC(=O)O)Cc2cccc[n+]2[O-])C1. The Hall–Kier alpha value is -6.04. The van der Waals surface area contributed by atoms with Crippen molar-refractivity contribution in [1.29, 1.82) is 0 Å². The lowest BCUT2D eigenvalue weighted by molar-refractivity contribution is -0.614.